The molecule has 0 radical (unpaired) electrons. The Morgan fingerprint density at radius 3 is 2.82 bits per heavy atom. The van der Waals surface area contributed by atoms with Gasteiger partial charge in [-0.1, -0.05) is 12.1 Å². The number of methoxy groups -OCH3 is 1. The summed E-state index contributed by atoms with van der Waals surface area (Å²) >= 11 is 0. The minimum Gasteiger partial charge on any atom is -0.384 e. The Hall–Kier alpha value is -2.42. The molecule has 0 spiro atoms. The molecule has 2 aromatic heterocycles. The number of para-hydroxylation sites is 1. The zero-order valence-corrected chi connectivity index (χ0v) is 16.5. The van der Waals surface area contributed by atoms with Crippen LogP contribution in [0.5, 0.6) is 0 Å². The van der Waals surface area contributed by atoms with Crippen LogP contribution in [0.3, 0.4) is 0 Å². The first-order valence-corrected chi connectivity index (χ1v) is 9.10. The fourth-order valence-electron chi connectivity index (χ4n) is 3.84. The molecule has 0 aliphatic carbocycles. The smallest absolute Gasteiger partial charge is 0.259 e. The molecule has 1 amide bonds. The van der Waals surface area contributed by atoms with Crippen LogP contribution in [0, 0.1) is 5.41 Å². The predicted octanol–water partition coefficient (Wildman–Crippen LogP) is 1.34. The number of aromatic amines is 1. The van der Waals surface area contributed by atoms with E-state index in [1.165, 1.54) is 6.20 Å². The number of fused-ring (bicyclic) bond motifs is 3. The summed E-state index contributed by atoms with van der Waals surface area (Å²) in [6.07, 6.45) is 3.38. The van der Waals surface area contributed by atoms with Gasteiger partial charge in [0.05, 0.1) is 23.7 Å². The maximum atomic E-state index is 12.8. The van der Waals surface area contributed by atoms with Crippen LogP contribution in [0.25, 0.3) is 16.6 Å². The molecule has 0 saturated carbocycles. The van der Waals surface area contributed by atoms with Crippen molar-refractivity contribution in [3.63, 3.8) is 0 Å². The number of carbonyl (C=O) groups excluding carboxylic acids is 1. The van der Waals surface area contributed by atoms with Crippen LogP contribution in [0.2, 0.25) is 0 Å². The van der Waals surface area contributed by atoms with Gasteiger partial charge in [0.15, 0.2) is 0 Å². The third-order valence-electron chi connectivity index (χ3n) is 5.36. The van der Waals surface area contributed by atoms with Gasteiger partial charge >= 0.3 is 0 Å². The molecule has 1 aromatic carbocycles. The van der Waals surface area contributed by atoms with Crippen molar-refractivity contribution >= 4 is 34.9 Å². The summed E-state index contributed by atoms with van der Waals surface area (Å²) in [6, 6.07) is 7.19. The number of ether oxygens (including phenoxy) is 1. The van der Waals surface area contributed by atoms with Crippen molar-refractivity contribution < 1.29 is 9.53 Å². The predicted molar refractivity (Wildman–Crippen MR) is 109 cm³/mol. The summed E-state index contributed by atoms with van der Waals surface area (Å²) in [7, 11) is 1.69. The summed E-state index contributed by atoms with van der Waals surface area (Å²) in [5.74, 6) is -0.245. The van der Waals surface area contributed by atoms with E-state index in [2.05, 4.69) is 20.7 Å². The fraction of sp³-hybridized carbons (Fsp3) is 0.421. The Balaban J connectivity index is 0.00000225. The molecule has 0 unspecified atom stereocenters. The van der Waals surface area contributed by atoms with E-state index >= 15 is 0 Å². The first-order chi connectivity index (χ1) is 13.1. The van der Waals surface area contributed by atoms with E-state index in [1.54, 1.807) is 23.8 Å². The van der Waals surface area contributed by atoms with Gasteiger partial charge in [0, 0.05) is 19.1 Å². The molecular formula is C19H24ClN5O3. The molecule has 1 aliphatic heterocycles. The molecule has 150 valence electrons. The number of rotatable bonds is 5. The number of nitrogens with one attached hydrogen (secondary N) is 3. The second kappa shape index (κ2) is 8.30. The lowest BCUT2D eigenvalue weighted by atomic mass is 9.79. The van der Waals surface area contributed by atoms with Crippen LogP contribution in [-0.4, -0.2) is 53.9 Å². The molecule has 3 heterocycles. The van der Waals surface area contributed by atoms with Crippen molar-refractivity contribution in [2.24, 2.45) is 5.41 Å². The van der Waals surface area contributed by atoms with E-state index in [-0.39, 0.29) is 29.3 Å². The van der Waals surface area contributed by atoms with Gasteiger partial charge in [-0.3, -0.25) is 9.59 Å². The molecule has 9 heteroatoms. The number of hydrogen-bond acceptors (Lipinski definition) is 5. The lowest BCUT2D eigenvalue weighted by Crippen LogP contribution is -2.47. The highest BCUT2D eigenvalue weighted by atomic mass is 35.5. The molecule has 1 saturated heterocycles. The van der Waals surface area contributed by atoms with Crippen LogP contribution in [0.15, 0.2) is 35.3 Å². The van der Waals surface area contributed by atoms with E-state index in [4.69, 9.17) is 4.74 Å². The number of halogens is 1. The Morgan fingerprint density at radius 1 is 1.32 bits per heavy atom. The number of amides is 1. The number of nitrogens with zero attached hydrogens (tertiary/aromatic N) is 2. The van der Waals surface area contributed by atoms with E-state index in [9.17, 15) is 9.59 Å². The molecule has 0 bridgehead atoms. The summed E-state index contributed by atoms with van der Waals surface area (Å²) in [6.45, 7) is 2.95. The highest BCUT2D eigenvalue weighted by Crippen LogP contribution is 2.28. The summed E-state index contributed by atoms with van der Waals surface area (Å²) in [4.78, 5) is 28.0. The van der Waals surface area contributed by atoms with Crippen LogP contribution >= 0.6 is 12.4 Å². The van der Waals surface area contributed by atoms with Crippen molar-refractivity contribution in [2.45, 2.75) is 12.8 Å². The van der Waals surface area contributed by atoms with E-state index in [0.717, 1.165) is 25.9 Å². The molecule has 3 aromatic rings. The van der Waals surface area contributed by atoms with Gasteiger partial charge in [0.2, 0.25) is 0 Å². The fourth-order valence-corrected chi connectivity index (χ4v) is 3.84. The molecule has 1 aliphatic rings. The van der Waals surface area contributed by atoms with Gasteiger partial charge < -0.3 is 20.4 Å². The Bertz CT molecular complexity index is 1030. The van der Waals surface area contributed by atoms with Gasteiger partial charge in [0.1, 0.15) is 11.2 Å². The molecule has 0 atom stereocenters. The maximum absolute atomic E-state index is 12.8. The van der Waals surface area contributed by atoms with Crippen molar-refractivity contribution in [3.8, 4) is 0 Å². The van der Waals surface area contributed by atoms with Crippen LogP contribution in [0.1, 0.15) is 23.2 Å². The van der Waals surface area contributed by atoms with Gasteiger partial charge in [-0.25, -0.2) is 4.52 Å². The number of benzene rings is 1. The average molecular weight is 406 g/mol. The van der Waals surface area contributed by atoms with Crippen LogP contribution in [0.4, 0.5) is 0 Å². The lowest BCUT2D eigenvalue weighted by Gasteiger charge is -2.37. The standard InChI is InChI=1S/C19H23N5O3.ClH/c1-27-12-19(6-8-20-9-7-19)11-21-17(25)14-10-22-24-15-5-3-2-4-13(15)18(26)23-16(14)24;/h2-5,10,20H,6-9,11-12H2,1H3,(H,21,25)(H,23,26);1H. The molecule has 3 N–H and O–H groups in total. The Morgan fingerprint density at radius 2 is 2.07 bits per heavy atom. The molecule has 4 rings (SSSR count). The second-order valence-electron chi connectivity index (χ2n) is 7.16. The van der Waals surface area contributed by atoms with Gasteiger partial charge in [-0.15, -0.1) is 12.4 Å². The maximum Gasteiger partial charge on any atom is 0.259 e. The normalized spacial score (nSPS) is 16.0. The summed E-state index contributed by atoms with van der Waals surface area (Å²) in [5, 5.41) is 11.2. The molecular weight excluding hydrogens is 382 g/mol. The SMILES string of the molecule is COCC1(CNC(=O)c2cnn3c2[nH]c(=O)c2ccccc23)CCNCC1.Cl. The molecule has 8 nitrogen and oxygen atoms in total. The van der Waals surface area contributed by atoms with Crippen LogP contribution in [-0.2, 0) is 4.74 Å². The second-order valence-corrected chi connectivity index (χ2v) is 7.16. The van der Waals surface area contributed by atoms with E-state index in [0.29, 0.717) is 35.3 Å². The number of piperidine rings is 1. The van der Waals surface area contributed by atoms with Gasteiger partial charge in [0.25, 0.3) is 11.5 Å². The zero-order valence-electron chi connectivity index (χ0n) is 15.7. The number of hydrogen-bond donors (Lipinski definition) is 3. The Labute approximate surface area is 168 Å². The highest BCUT2D eigenvalue weighted by Gasteiger charge is 2.33. The first kappa shape index (κ1) is 20.3. The minimum atomic E-state index is -0.245. The third kappa shape index (κ3) is 3.63. The number of H-pyrrole nitrogens is 1. The minimum absolute atomic E-state index is 0. The number of carbonyl (C=O) groups is 1. The van der Waals surface area contributed by atoms with Crippen LogP contribution < -0.4 is 16.2 Å². The summed E-state index contributed by atoms with van der Waals surface area (Å²) < 4.78 is 7.00. The zero-order chi connectivity index (χ0) is 18.9. The Kier molecular flexibility index (Phi) is 6.02. The quantitative estimate of drug-likeness (QED) is 0.594. The van der Waals surface area contributed by atoms with Crippen molar-refractivity contribution in [1.29, 1.82) is 0 Å². The molecule has 28 heavy (non-hydrogen) atoms. The van der Waals surface area contributed by atoms with E-state index < -0.39 is 0 Å². The third-order valence-corrected chi connectivity index (χ3v) is 5.36. The van der Waals surface area contributed by atoms with Crippen molar-refractivity contribution in [3.05, 3.63) is 46.4 Å². The van der Waals surface area contributed by atoms with Crippen molar-refractivity contribution in [2.75, 3.05) is 33.4 Å². The average Bonchev–Trinajstić information content (AvgIpc) is 3.11. The first-order valence-electron chi connectivity index (χ1n) is 9.10. The van der Waals surface area contributed by atoms with Gasteiger partial charge in [-0.05, 0) is 38.1 Å². The van der Waals surface area contributed by atoms with Gasteiger partial charge in [-0.2, -0.15) is 5.10 Å². The monoisotopic (exact) mass is 405 g/mol. The lowest BCUT2D eigenvalue weighted by molar-refractivity contribution is 0.0512. The van der Waals surface area contributed by atoms with E-state index in [1.807, 2.05) is 12.1 Å². The highest BCUT2D eigenvalue weighted by molar-refractivity contribution is 6.00. The largest absolute Gasteiger partial charge is 0.384 e. The summed E-state index contributed by atoms with van der Waals surface area (Å²) in [5.41, 5.74) is 1.13. The topological polar surface area (TPSA) is 101 Å². The van der Waals surface area contributed by atoms with Crippen molar-refractivity contribution in [1.82, 2.24) is 25.2 Å². The number of aromatic nitrogens is 3. The molecule has 1 fully saturated rings.